The van der Waals surface area contributed by atoms with Crippen LogP contribution in [-0.4, -0.2) is 34.4 Å². The van der Waals surface area contributed by atoms with Crippen LogP contribution in [-0.2, 0) is 0 Å². The summed E-state index contributed by atoms with van der Waals surface area (Å²) in [6.45, 7) is 3.03. The van der Waals surface area contributed by atoms with E-state index >= 15 is 0 Å². The summed E-state index contributed by atoms with van der Waals surface area (Å²) in [6.07, 6.45) is 1.05. The number of allylic oxidation sites excluding steroid dienone is 2. The van der Waals surface area contributed by atoms with Gasteiger partial charge in [0, 0.05) is 0 Å². The van der Waals surface area contributed by atoms with Gasteiger partial charge in [0.05, 0.1) is 0 Å². The van der Waals surface area contributed by atoms with Crippen LogP contribution >= 0.6 is 43.4 Å². The van der Waals surface area contributed by atoms with E-state index in [-0.39, 0.29) is 13.2 Å². The van der Waals surface area contributed by atoms with Crippen molar-refractivity contribution >= 4 is 54.4 Å². The summed E-state index contributed by atoms with van der Waals surface area (Å²) in [5, 5.41) is 19.6. The third-order valence-corrected chi connectivity index (χ3v) is 11.7. The van der Waals surface area contributed by atoms with E-state index < -0.39 is 11.0 Å². The average molecular weight is 389 g/mol. The molecule has 0 spiro atoms. The minimum absolute atomic E-state index is 0.322. The monoisotopic (exact) mass is 388 g/mol. The van der Waals surface area contributed by atoms with Gasteiger partial charge in [0.15, 0.2) is 0 Å². The van der Waals surface area contributed by atoms with Crippen LogP contribution in [0.4, 0.5) is 0 Å². The fourth-order valence-corrected chi connectivity index (χ4v) is 9.33. The Bertz CT molecular complexity index is 296. The van der Waals surface area contributed by atoms with Crippen molar-refractivity contribution in [3.05, 3.63) is 19.0 Å². The topological polar surface area (TPSA) is 40.5 Å². The molecule has 0 fully saturated rings. The fraction of sp³-hybridized carbons (Fsp3) is 0.600. The summed E-state index contributed by atoms with van der Waals surface area (Å²) in [6, 6.07) is 0. The molecule has 0 saturated carbocycles. The first-order valence-corrected chi connectivity index (χ1v) is 12.0. The molecule has 0 amide bonds. The summed E-state index contributed by atoms with van der Waals surface area (Å²) in [5.41, 5.74) is 0. The summed E-state index contributed by atoms with van der Waals surface area (Å²) in [7, 11) is 12.7. The number of hydrogen-bond acceptors (Lipinski definition) is 2. The second kappa shape index (κ2) is 8.29. The van der Waals surface area contributed by atoms with Crippen LogP contribution in [0.1, 0.15) is 26.7 Å². The van der Waals surface area contributed by atoms with E-state index in [4.69, 9.17) is 43.4 Å². The molecule has 0 unspecified atom stereocenters. The van der Waals surface area contributed by atoms with E-state index in [0.29, 0.717) is 31.8 Å². The van der Waals surface area contributed by atoms with Crippen molar-refractivity contribution in [1.29, 1.82) is 0 Å². The SMILES string of the molecule is CC/C(Cl)=C(\CO)[Se](Cl)(Cl)/C(CO)=C(\Cl)CC. The number of hydrogen-bond donors (Lipinski definition) is 2. The Balaban J connectivity index is 5.66. The van der Waals surface area contributed by atoms with Crippen LogP contribution in [0.2, 0.25) is 0 Å². The summed E-state index contributed by atoms with van der Waals surface area (Å²) < 4.78 is 0.814. The van der Waals surface area contributed by atoms with Gasteiger partial charge < -0.3 is 0 Å². The van der Waals surface area contributed by atoms with Crippen molar-refractivity contribution < 1.29 is 10.2 Å². The van der Waals surface area contributed by atoms with Gasteiger partial charge in [0.25, 0.3) is 0 Å². The van der Waals surface area contributed by atoms with E-state index in [1.165, 1.54) is 0 Å². The Morgan fingerprint density at radius 2 is 1.18 bits per heavy atom. The van der Waals surface area contributed by atoms with Crippen molar-refractivity contribution in [3.63, 3.8) is 0 Å². The first-order chi connectivity index (χ1) is 7.86. The van der Waals surface area contributed by atoms with Crippen LogP contribution in [0, 0.1) is 0 Å². The predicted octanol–water partition coefficient (Wildman–Crippen LogP) is 3.78. The molecular formula is C10H16Cl4O2Se. The quantitative estimate of drug-likeness (QED) is 0.680. The van der Waals surface area contributed by atoms with Crippen LogP contribution in [0.3, 0.4) is 0 Å². The van der Waals surface area contributed by atoms with Crippen molar-refractivity contribution in [1.82, 2.24) is 0 Å². The van der Waals surface area contributed by atoms with Gasteiger partial charge >= 0.3 is 124 Å². The first kappa shape index (κ1) is 18.1. The van der Waals surface area contributed by atoms with Gasteiger partial charge in [0.1, 0.15) is 0 Å². The van der Waals surface area contributed by atoms with Gasteiger partial charge in [-0.25, -0.2) is 0 Å². The molecule has 2 nitrogen and oxygen atoms in total. The van der Waals surface area contributed by atoms with E-state index in [0.717, 1.165) is 0 Å². The molecule has 17 heavy (non-hydrogen) atoms. The fourth-order valence-electron chi connectivity index (χ4n) is 1.15. The molecule has 0 aliphatic heterocycles. The van der Waals surface area contributed by atoms with Gasteiger partial charge in [-0.3, -0.25) is 0 Å². The molecule has 7 heteroatoms. The summed E-state index contributed by atoms with van der Waals surface area (Å²) in [4.78, 5) is 0. The third kappa shape index (κ3) is 4.59. The van der Waals surface area contributed by atoms with Crippen LogP contribution in [0.5, 0.6) is 0 Å². The molecule has 0 aliphatic rings. The van der Waals surface area contributed by atoms with Gasteiger partial charge in [-0.05, 0) is 0 Å². The molecule has 0 bridgehead atoms. The first-order valence-electron chi connectivity index (χ1n) is 5.06. The maximum atomic E-state index is 9.34. The molecule has 102 valence electrons. The third-order valence-electron chi connectivity index (χ3n) is 2.13. The minimum atomic E-state index is -3.39. The van der Waals surface area contributed by atoms with Gasteiger partial charge in [-0.1, -0.05) is 0 Å². The standard InChI is InChI=1S/C10H16Cl4O2Se/c1-3-7(11)9(5-15)17(13,14)10(6-16)8(12)4-2/h15-16H,3-6H2,1-2H3/b9-7-,10-8-. The Kier molecular flexibility index (Phi) is 8.82. The number of halogens is 4. The number of aliphatic hydroxyl groups is 2. The van der Waals surface area contributed by atoms with E-state index in [9.17, 15) is 10.2 Å². The molecule has 0 heterocycles. The molecule has 0 atom stereocenters. The molecule has 0 aliphatic carbocycles. The second-order valence-corrected chi connectivity index (χ2v) is 13.7. The zero-order chi connectivity index (χ0) is 13.6. The Labute approximate surface area is 123 Å². The molecule has 0 aromatic heterocycles. The van der Waals surface area contributed by atoms with Crippen molar-refractivity contribution in [2.75, 3.05) is 13.2 Å². The van der Waals surface area contributed by atoms with E-state index in [2.05, 4.69) is 0 Å². The van der Waals surface area contributed by atoms with Crippen molar-refractivity contribution in [2.45, 2.75) is 26.7 Å². The Hall–Kier alpha value is 1.08. The molecule has 0 aromatic rings. The van der Waals surface area contributed by atoms with Gasteiger partial charge in [-0.2, -0.15) is 0 Å². The number of aliphatic hydroxyl groups excluding tert-OH is 2. The molecule has 0 aromatic carbocycles. The van der Waals surface area contributed by atoms with Crippen molar-refractivity contribution in [2.24, 2.45) is 0 Å². The molecule has 0 radical (unpaired) electrons. The normalized spacial score (nSPS) is 16.5. The Morgan fingerprint density at radius 1 is 0.882 bits per heavy atom. The Morgan fingerprint density at radius 3 is 1.35 bits per heavy atom. The second-order valence-electron chi connectivity index (χ2n) is 3.15. The van der Waals surface area contributed by atoms with E-state index in [1.54, 1.807) is 0 Å². The number of rotatable bonds is 6. The predicted molar refractivity (Wildman–Crippen MR) is 78.0 cm³/mol. The average Bonchev–Trinajstić information content (AvgIpc) is 2.29. The van der Waals surface area contributed by atoms with Gasteiger partial charge in [-0.15, -0.1) is 0 Å². The molecule has 2 N–H and O–H groups in total. The van der Waals surface area contributed by atoms with Crippen LogP contribution in [0.25, 0.3) is 0 Å². The van der Waals surface area contributed by atoms with Crippen LogP contribution < -0.4 is 0 Å². The zero-order valence-corrected chi connectivity index (χ0v) is 14.4. The molecular weight excluding hydrogens is 373 g/mol. The van der Waals surface area contributed by atoms with Crippen LogP contribution in [0.15, 0.2) is 19.0 Å². The summed E-state index contributed by atoms with van der Waals surface area (Å²) >= 11 is 8.62. The van der Waals surface area contributed by atoms with E-state index in [1.807, 2.05) is 13.8 Å². The van der Waals surface area contributed by atoms with Crippen molar-refractivity contribution in [3.8, 4) is 0 Å². The zero-order valence-electron chi connectivity index (χ0n) is 9.64. The van der Waals surface area contributed by atoms with Gasteiger partial charge in [0.2, 0.25) is 0 Å². The molecule has 0 rings (SSSR count). The summed E-state index contributed by atoms with van der Waals surface area (Å²) in [5.74, 6) is 0. The maximum absolute atomic E-state index is 9.34. The molecule has 0 saturated heterocycles.